The molecule has 0 aliphatic carbocycles. The molecule has 0 saturated carbocycles. The third-order valence-corrected chi connectivity index (χ3v) is 8.12. The smallest absolute Gasteiger partial charge is 0.243 e. The van der Waals surface area contributed by atoms with Crippen molar-refractivity contribution >= 4 is 15.7 Å². The fraction of sp³-hybridized carbons (Fsp3) is 0.478. The molecule has 0 bridgehead atoms. The van der Waals surface area contributed by atoms with Gasteiger partial charge in [0.25, 0.3) is 0 Å². The Kier molecular flexibility index (Phi) is 6.32. The highest BCUT2D eigenvalue weighted by molar-refractivity contribution is 7.89. The van der Waals surface area contributed by atoms with E-state index in [1.54, 1.807) is 23.5 Å². The van der Waals surface area contributed by atoms with Crippen molar-refractivity contribution < 1.29 is 13.2 Å². The number of piperazine rings is 1. The lowest BCUT2D eigenvalue weighted by Gasteiger charge is -2.43. The topological polar surface area (TPSA) is 53.1 Å². The molecule has 2 fully saturated rings. The number of ether oxygens (including phenoxy) is 1. The molecule has 7 heteroatoms. The Balaban J connectivity index is 1.38. The molecule has 1 unspecified atom stereocenters. The Morgan fingerprint density at radius 1 is 0.967 bits per heavy atom. The molecule has 2 saturated heterocycles. The largest absolute Gasteiger partial charge is 0.497 e. The Bertz CT molecular complexity index is 954. The number of anilines is 1. The number of benzene rings is 2. The van der Waals surface area contributed by atoms with Crippen molar-refractivity contribution in [3.05, 3.63) is 54.1 Å². The van der Waals surface area contributed by atoms with Gasteiger partial charge in [0, 0.05) is 51.0 Å². The molecule has 2 aliphatic rings. The van der Waals surface area contributed by atoms with Gasteiger partial charge < -0.3 is 9.64 Å². The maximum Gasteiger partial charge on any atom is 0.243 e. The summed E-state index contributed by atoms with van der Waals surface area (Å²) in [6.07, 6.45) is 1.97. The number of piperidine rings is 1. The van der Waals surface area contributed by atoms with E-state index in [4.69, 9.17) is 4.74 Å². The first kappa shape index (κ1) is 21.2. The van der Waals surface area contributed by atoms with E-state index in [-0.39, 0.29) is 6.04 Å². The van der Waals surface area contributed by atoms with Crippen molar-refractivity contribution in [2.75, 3.05) is 51.3 Å². The molecule has 4 rings (SSSR count). The van der Waals surface area contributed by atoms with E-state index >= 15 is 0 Å². The molecule has 0 spiro atoms. The van der Waals surface area contributed by atoms with Gasteiger partial charge in [-0.05, 0) is 61.7 Å². The van der Waals surface area contributed by atoms with Crippen LogP contribution in [0.15, 0.2) is 53.4 Å². The minimum absolute atomic E-state index is 0.288. The second kappa shape index (κ2) is 8.96. The third kappa shape index (κ3) is 4.48. The molecule has 1 atom stereocenters. The maximum absolute atomic E-state index is 13.1. The number of methoxy groups -OCH3 is 1. The average Bonchev–Trinajstić information content (AvgIpc) is 2.79. The highest BCUT2D eigenvalue weighted by atomic mass is 32.2. The molecule has 2 aromatic rings. The molecule has 0 radical (unpaired) electrons. The van der Waals surface area contributed by atoms with Crippen LogP contribution < -0.4 is 9.64 Å². The number of hydrogen-bond acceptors (Lipinski definition) is 5. The maximum atomic E-state index is 13.1. The van der Waals surface area contributed by atoms with Gasteiger partial charge in [0.2, 0.25) is 10.0 Å². The molecule has 2 heterocycles. The van der Waals surface area contributed by atoms with Gasteiger partial charge in [0.1, 0.15) is 5.75 Å². The predicted octanol–water partition coefficient (Wildman–Crippen LogP) is 2.98. The fourth-order valence-corrected chi connectivity index (χ4v) is 6.12. The summed E-state index contributed by atoms with van der Waals surface area (Å²) in [7, 11) is -1.75. The first-order valence-corrected chi connectivity index (χ1v) is 12.1. The molecule has 2 aliphatic heterocycles. The van der Waals surface area contributed by atoms with Gasteiger partial charge in [-0.25, -0.2) is 8.42 Å². The van der Waals surface area contributed by atoms with Gasteiger partial charge in [0.15, 0.2) is 0 Å². The molecule has 30 heavy (non-hydrogen) atoms. The van der Waals surface area contributed by atoms with E-state index < -0.39 is 10.0 Å². The predicted molar refractivity (Wildman–Crippen MR) is 120 cm³/mol. The number of aryl methyl sites for hydroxylation is 1. The number of hydrogen-bond donors (Lipinski definition) is 0. The van der Waals surface area contributed by atoms with Crippen LogP contribution >= 0.6 is 0 Å². The second-order valence-electron chi connectivity index (χ2n) is 8.20. The van der Waals surface area contributed by atoms with Crippen molar-refractivity contribution in [1.29, 1.82) is 0 Å². The molecular weight excluding hydrogens is 398 g/mol. The zero-order valence-electron chi connectivity index (χ0n) is 17.8. The number of rotatable bonds is 5. The first-order chi connectivity index (χ1) is 14.5. The lowest BCUT2D eigenvalue weighted by Crippen LogP contribution is -2.55. The Morgan fingerprint density at radius 2 is 1.70 bits per heavy atom. The van der Waals surface area contributed by atoms with Gasteiger partial charge in [-0.3, -0.25) is 4.90 Å². The fourth-order valence-electron chi connectivity index (χ4n) is 4.50. The van der Waals surface area contributed by atoms with Crippen LogP contribution in [0.2, 0.25) is 0 Å². The summed E-state index contributed by atoms with van der Waals surface area (Å²) in [6, 6.07) is 15.7. The highest BCUT2D eigenvalue weighted by Crippen LogP contribution is 2.26. The van der Waals surface area contributed by atoms with E-state index in [0.29, 0.717) is 18.0 Å². The zero-order chi connectivity index (χ0) is 21.1. The second-order valence-corrected chi connectivity index (χ2v) is 10.1. The van der Waals surface area contributed by atoms with E-state index in [0.717, 1.165) is 50.3 Å². The van der Waals surface area contributed by atoms with Crippen LogP contribution in [0.1, 0.15) is 18.4 Å². The van der Waals surface area contributed by atoms with Crippen LogP contribution in [0.25, 0.3) is 0 Å². The van der Waals surface area contributed by atoms with Gasteiger partial charge in [-0.2, -0.15) is 4.31 Å². The average molecular weight is 430 g/mol. The highest BCUT2D eigenvalue weighted by Gasteiger charge is 2.34. The van der Waals surface area contributed by atoms with Gasteiger partial charge in [0.05, 0.1) is 12.0 Å². The van der Waals surface area contributed by atoms with Crippen LogP contribution in [-0.4, -0.2) is 70.0 Å². The zero-order valence-corrected chi connectivity index (χ0v) is 18.6. The van der Waals surface area contributed by atoms with Crippen LogP contribution in [0.3, 0.4) is 0 Å². The van der Waals surface area contributed by atoms with Gasteiger partial charge in [-0.15, -0.1) is 0 Å². The summed E-state index contributed by atoms with van der Waals surface area (Å²) in [6.45, 7) is 6.93. The molecule has 0 amide bonds. The van der Waals surface area contributed by atoms with E-state index in [1.165, 1.54) is 5.69 Å². The molecule has 2 aromatic carbocycles. The molecule has 0 N–H and O–H groups in total. The van der Waals surface area contributed by atoms with E-state index in [9.17, 15) is 8.42 Å². The summed E-state index contributed by atoms with van der Waals surface area (Å²) < 4.78 is 33.2. The quantitative estimate of drug-likeness (QED) is 0.731. The number of nitrogens with zero attached hydrogens (tertiary/aromatic N) is 3. The van der Waals surface area contributed by atoms with Gasteiger partial charge in [-0.1, -0.05) is 12.1 Å². The summed E-state index contributed by atoms with van der Waals surface area (Å²) in [4.78, 5) is 5.27. The molecule has 0 aromatic heterocycles. The SMILES string of the molecule is COc1ccc(N2CCN(C3CCCN(S(=O)(=O)c4cccc(C)c4)C3)CC2)cc1. The summed E-state index contributed by atoms with van der Waals surface area (Å²) in [5.74, 6) is 0.870. The summed E-state index contributed by atoms with van der Waals surface area (Å²) >= 11 is 0. The minimum atomic E-state index is -3.43. The van der Waals surface area contributed by atoms with Crippen molar-refractivity contribution in [2.24, 2.45) is 0 Å². The Labute approximate surface area is 180 Å². The first-order valence-electron chi connectivity index (χ1n) is 10.7. The molecule has 162 valence electrons. The molecule has 6 nitrogen and oxygen atoms in total. The normalized spacial score (nSPS) is 21.5. The standard InChI is InChI=1S/C23H31N3O3S/c1-19-5-3-7-23(17-19)30(27,28)26-12-4-6-21(18-26)25-15-13-24(14-16-25)20-8-10-22(29-2)11-9-20/h3,5,7-11,17,21H,4,6,12-16,18H2,1-2H3. The van der Waals surface area contributed by atoms with Crippen molar-refractivity contribution in [1.82, 2.24) is 9.21 Å². The summed E-state index contributed by atoms with van der Waals surface area (Å²) in [5.41, 5.74) is 2.18. The minimum Gasteiger partial charge on any atom is -0.497 e. The lowest BCUT2D eigenvalue weighted by atomic mass is 10.0. The van der Waals surface area contributed by atoms with E-state index in [1.807, 2.05) is 31.2 Å². The van der Waals surface area contributed by atoms with Crippen LogP contribution in [-0.2, 0) is 10.0 Å². The van der Waals surface area contributed by atoms with Crippen LogP contribution in [0.4, 0.5) is 5.69 Å². The van der Waals surface area contributed by atoms with E-state index in [2.05, 4.69) is 21.9 Å². The Morgan fingerprint density at radius 3 is 2.37 bits per heavy atom. The van der Waals surface area contributed by atoms with Crippen LogP contribution in [0, 0.1) is 6.92 Å². The Hall–Kier alpha value is -2.09. The van der Waals surface area contributed by atoms with Crippen molar-refractivity contribution in [3.8, 4) is 5.75 Å². The molecular formula is C23H31N3O3S. The summed E-state index contributed by atoms with van der Waals surface area (Å²) in [5, 5.41) is 0. The van der Waals surface area contributed by atoms with Crippen molar-refractivity contribution in [2.45, 2.75) is 30.7 Å². The van der Waals surface area contributed by atoms with Crippen LogP contribution in [0.5, 0.6) is 5.75 Å². The monoisotopic (exact) mass is 429 g/mol. The third-order valence-electron chi connectivity index (χ3n) is 6.25. The lowest BCUT2D eigenvalue weighted by molar-refractivity contribution is 0.128. The van der Waals surface area contributed by atoms with Gasteiger partial charge >= 0.3 is 0 Å². The van der Waals surface area contributed by atoms with Crippen molar-refractivity contribution in [3.63, 3.8) is 0 Å². The number of sulfonamides is 1.